The monoisotopic (exact) mass is 360 g/mol. The fourth-order valence-corrected chi connectivity index (χ4v) is 4.28. The van der Waals surface area contributed by atoms with Crippen molar-refractivity contribution in [2.75, 3.05) is 6.61 Å². The quantitative estimate of drug-likeness (QED) is 0.637. The van der Waals surface area contributed by atoms with Crippen molar-refractivity contribution >= 4 is 11.8 Å². The molecule has 26 heavy (non-hydrogen) atoms. The molecule has 5 heteroatoms. The van der Waals surface area contributed by atoms with Gasteiger partial charge in [0.25, 0.3) is 0 Å². The molecule has 1 aliphatic heterocycles. The van der Waals surface area contributed by atoms with E-state index in [1.807, 2.05) is 26.8 Å². The Morgan fingerprint density at radius 1 is 1.38 bits per heavy atom. The van der Waals surface area contributed by atoms with Crippen LogP contribution in [0.1, 0.15) is 69.9 Å². The van der Waals surface area contributed by atoms with Gasteiger partial charge in [-0.05, 0) is 44.4 Å². The van der Waals surface area contributed by atoms with Gasteiger partial charge in [0.1, 0.15) is 22.9 Å². The molecule has 1 aromatic rings. The molecule has 0 saturated heterocycles. The summed E-state index contributed by atoms with van der Waals surface area (Å²) in [5.41, 5.74) is 0.968. The van der Waals surface area contributed by atoms with Crippen LogP contribution in [0.3, 0.4) is 0 Å². The minimum absolute atomic E-state index is 0.0273. The summed E-state index contributed by atoms with van der Waals surface area (Å²) in [5.74, 6) is 0.793. The number of esters is 1. The molecule has 0 amide bonds. The first-order valence-electron chi connectivity index (χ1n) is 9.54. The van der Waals surface area contributed by atoms with Crippen LogP contribution in [-0.4, -0.2) is 29.1 Å². The van der Waals surface area contributed by atoms with E-state index in [9.17, 15) is 14.7 Å². The number of rotatable bonds is 5. The summed E-state index contributed by atoms with van der Waals surface area (Å²) in [7, 11) is 0. The highest BCUT2D eigenvalue weighted by Gasteiger charge is 2.47. The lowest BCUT2D eigenvalue weighted by atomic mass is 9.66. The van der Waals surface area contributed by atoms with E-state index in [1.54, 1.807) is 6.07 Å². The van der Waals surface area contributed by atoms with Gasteiger partial charge in [0.2, 0.25) is 0 Å². The Bertz CT molecular complexity index is 707. The van der Waals surface area contributed by atoms with Crippen LogP contribution in [-0.2, 0) is 20.7 Å². The van der Waals surface area contributed by atoms with Crippen LogP contribution in [0, 0.1) is 5.92 Å². The molecule has 0 aromatic heterocycles. The molecule has 3 rings (SSSR count). The maximum Gasteiger partial charge on any atom is 0.310 e. The zero-order valence-corrected chi connectivity index (χ0v) is 15.8. The molecule has 1 aliphatic carbocycles. The molecule has 0 bridgehead atoms. The third-order valence-electron chi connectivity index (χ3n) is 5.59. The van der Waals surface area contributed by atoms with Crippen molar-refractivity contribution in [3.05, 3.63) is 23.3 Å². The van der Waals surface area contributed by atoms with Gasteiger partial charge in [0.15, 0.2) is 0 Å². The summed E-state index contributed by atoms with van der Waals surface area (Å²) >= 11 is 0. The van der Waals surface area contributed by atoms with E-state index in [0.29, 0.717) is 36.3 Å². The van der Waals surface area contributed by atoms with Crippen LogP contribution in [0.15, 0.2) is 12.1 Å². The van der Waals surface area contributed by atoms with Gasteiger partial charge >= 0.3 is 5.97 Å². The summed E-state index contributed by atoms with van der Waals surface area (Å²) < 4.78 is 11.4. The number of carbonyl (C=O) groups excluding carboxylic acids is 2. The number of phenols is 1. The number of hydrogen-bond donors (Lipinski definition) is 1. The SMILES string of the molecule is CCCCOC(=O)Cc1cc(O)c2c(c1)OC(C)(C)[C@@H]1CCC(=O)C[C@@H]21. The molecular formula is C21H28O5. The summed E-state index contributed by atoms with van der Waals surface area (Å²) in [6.45, 7) is 6.53. The average molecular weight is 360 g/mol. The number of phenolic OH excluding ortho intramolecular Hbond substituents is 1. The number of fused-ring (bicyclic) bond motifs is 3. The highest BCUT2D eigenvalue weighted by Crippen LogP contribution is 2.53. The fourth-order valence-electron chi connectivity index (χ4n) is 4.28. The molecular weight excluding hydrogens is 332 g/mol. The summed E-state index contributed by atoms with van der Waals surface area (Å²) in [6, 6.07) is 3.42. The predicted molar refractivity (Wildman–Crippen MR) is 97.5 cm³/mol. The Morgan fingerprint density at radius 3 is 2.88 bits per heavy atom. The van der Waals surface area contributed by atoms with E-state index in [0.717, 1.165) is 19.3 Å². The van der Waals surface area contributed by atoms with Gasteiger partial charge in [-0.15, -0.1) is 0 Å². The maximum atomic E-state index is 12.0. The normalized spacial score (nSPS) is 23.6. The number of benzene rings is 1. The van der Waals surface area contributed by atoms with Crippen molar-refractivity contribution < 1.29 is 24.2 Å². The number of ketones is 1. The van der Waals surface area contributed by atoms with Gasteiger partial charge in [-0.2, -0.15) is 0 Å². The highest BCUT2D eigenvalue weighted by atomic mass is 16.5. The zero-order valence-electron chi connectivity index (χ0n) is 15.8. The average Bonchev–Trinajstić information content (AvgIpc) is 2.53. The molecule has 2 atom stereocenters. The topological polar surface area (TPSA) is 72.8 Å². The molecule has 142 valence electrons. The molecule has 0 spiro atoms. The lowest BCUT2D eigenvalue weighted by Gasteiger charge is -2.47. The Morgan fingerprint density at radius 2 is 2.15 bits per heavy atom. The van der Waals surface area contributed by atoms with E-state index in [2.05, 4.69) is 0 Å². The Labute approximate surface area is 154 Å². The predicted octanol–water partition coefficient (Wildman–Crippen LogP) is 3.90. The van der Waals surface area contributed by atoms with Crippen molar-refractivity contribution in [3.63, 3.8) is 0 Å². The van der Waals surface area contributed by atoms with Gasteiger partial charge < -0.3 is 14.6 Å². The molecule has 0 unspecified atom stereocenters. The Hall–Kier alpha value is -2.04. The number of Topliss-reactive ketones (excluding diaryl/α,β-unsaturated/α-hetero) is 1. The van der Waals surface area contributed by atoms with Crippen molar-refractivity contribution in [1.82, 2.24) is 0 Å². The molecule has 0 radical (unpaired) electrons. The Kier molecular flexibility index (Phi) is 5.26. The second kappa shape index (κ2) is 7.29. The van der Waals surface area contributed by atoms with E-state index in [1.165, 1.54) is 0 Å². The summed E-state index contributed by atoms with van der Waals surface area (Å²) in [4.78, 5) is 24.0. The molecule has 5 nitrogen and oxygen atoms in total. The van der Waals surface area contributed by atoms with Gasteiger partial charge in [-0.3, -0.25) is 9.59 Å². The van der Waals surface area contributed by atoms with Crippen molar-refractivity contribution in [1.29, 1.82) is 0 Å². The molecule has 1 aromatic carbocycles. The molecule has 1 fully saturated rings. The lowest BCUT2D eigenvalue weighted by molar-refractivity contribution is -0.142. The van der Waals surface area contributed by atoms with Crippen molar-refractivity contribution in [2.24, 2.45) is 5.92 Å². The highest BCUT2D eigenvalue weighted by molar-refractivity contribution is 5.81. The molecule has 2 aliphatic rings. The van der Waals surface area contributed by atoms with Crippen LogP contribution < -0.4 is 4.74 Å². The first-order chi connectivity index (χ1) is 12.3. The number of carbonyl (C=O) groups is 2. The number of unbranched alkanes of at least 4 members (excludes halogenated alkanes) is 1. The van der Waals surface area contributed by atoms with E-state index in [4.69, 9.17) is 9.47 Å². The number of aromatic hydroxyl groups is 1. The lowest BCUT2D eigenvalue weighted by Crippen LogP contribution is -2.47. The van der Waals surface area contributed by atoms with Crippen LogP contribution >= 0.6 is 0 Å². The molecule has 1 saturated carbocycles. The molecule has 1 heterocycles. The first kappa shape index (κ1) is 18.7. The maximum absolute atomic E-state index is 12.0. The van der Waals surface area contributed by atoms with Gasteiger partial charge in [0.05, 0.1) is 13.0 Å². The smallest absolute Gasteiger partial charge is 0.310 e. The van der Waals surface area contributed by atoms with Crippen LogP contribution in [0.4, 0.5) is 0 Å². The minimum Gasteiger partial charge on any atom is -0.508 e. The van der Waals surface area contributed by atoms with Crippen LogP contribution in [0.25, 0.3) is 0 Å². The van der Waals surface area contributed by atoms with E-state index >= 15 is 0 Å². The Balaban J connectivity index is 1.86. The van der Waals surface area contributed by atoms with Crippen LogP contribution in [0.2, 0.25) is 0 Å². The second-order valence-corrected chi connectivity index (χ2v) is 7.98. The second-order valence-electron chi connectivity index (χ2n) is 7.98. The van der Waals surface area contributed by atoms with Gasteiger partial charge in [-0.25, -0.2) is 0 Å². The van der Waals surface area contributed by atoms with Crippen LogP contribution in [0.5, 0.6) is 11.5 Å². The third-order valence-corrected chi connectivity index (χ3v) is 5.59. The van der Waals surface area contributed by atoms with Crippen molar-refractivity contribution in [3.8, 4) is 11.5 Å². The first-order valence-corrected chi connectivity index (χ1v) is 9.54. The van der Waals surface area contributed by atoms with E-state index < -0.39 is 5.60 Å². The summed E-state index contributed by atoms with van der Waals surface area (Å²) in [5, 5.41) is 10.6. The minimum atomic E-state index is -0.412. The standard InChI is InChI=1S/C21H28O5/c1-4-5-8-25-19(24)11-13-9-17(23)20-15-12-14(22)6-7-16(15)21(2,3)26-18(20)10-13/h9-10,15-16,23H,4-8,11-12H2,1-3H3/t15-,16-/m1/s1. The number of ether oxygens (including phenoxy) is 2. The number of hydrogen-bond acceptors (Lipinski definition) is 5. The van der Waals surface area contributed by atoms with Gasteiger partial charge in [0, 0.05) is 30.2 Å². The zero-order chi connectivity index (χ0) is 18.9. The fraction of sp³-hybridized carbons (Fsp3) is 0.619. The molecule has 1 N–H and O–H groups in total. The largest absolute Gasteiger partial charge is 0.508 e. The van der Waals surface area contributed by atoms with Crippen molar-refractivity contribution in [2.45, 2.75) is 70.8 Å². The summed E-state index contributed by atoms with van der Waals surface area (Å²) in [6.07, 6.45) is 3.71. The van der Waals surface area contributed by atoms with E-state index in [-0.39, 0.29) is 35.8 Å². The third kappa shape index (κ3) is 3.71. The van der Waals surface area contributed by atoms with Gasteiger partial charge in [-0.1, -0.05) is 13.3 Å².